The number of thiophene rings is 1. The highest BCUT2D eigenvalue weighted by molar-refractivity contribution is 7.14. The minimum Gasteiger partial charge on any atom is -0.368 e. The number of piperazine rings is 1. The second-order valence-corrected chi connectivity index (χ2v) is 8.07. The first kappa shape index (κ1) is 18.6. The average molecular weight is 413 g/mol. The molecule has 1 saturated heterocycles. The van der Waals surface area contributed by atoms with Crippen molar-refractivity contribution in [2.45, 2.75) is 0 Å². The third-order valence-corrected chi connectivity index (χ3v) is 6.23. The summed E-state index contributed by atoms with van der Waals surface area (Å²) in [6.45, 7) is 2.89. The van der Waals surface area contributed by atoms with Crippen LogP contribution >= 0.6 is 22.7 Å². The summed E-state index contributed by atoms with van der Waals surface area (Å²) in [5, 5.41) is 9.22. The van der Waals surface area contributed by atoms with E-state index in [1.165, 1.54) is 17.0 Å². The molecule has 28 heavy (non-hydrogen) atoms. The highest BCUT2D eigenvalue weighted by Crippen LogP contribution is 2.25. The van der Waals surface area contributed by atoms with E-state index in [9.17, 15) is 9.59 Å². The first-order valence-corrected chi connectivity index (χ1v) is 10.9. The lowest BCUT2D eigenvalue weighted by Gasteiger charge is -2.36. The van der Waals surface area contributed by atoms with Crippen molar-refractivity contribution in [2.75, 3.05) is 37.6 Å². The minimum atomic E-state index is -0.311. The number of rotatable bonds is 5. The molecular weight excluding hydrogens is 392 g/mol. The van der Waals surface area contributed by atoms with E-state index >= 15 is 0 Å². The van der Waals surface area contributed by atoms with Crippen molar-refractivity contribution in [3.63, 3.8) is 0 Å². The number of aromatic nitrogens is 1. The zero-order valence-corrected chi connectivity index (χ0v) is 16.8. The van der Waals surface area contributed by atoms with Gasteiger partial charge in [-0.3, -0.25) is 9.59 Å². The molecule has 3 heterocycles. The number of hydrogen-bond acceptors (Lipinski definition) is 6. The third-order valence-electron chi connectivity index (χ3n) is 4.66. The summed E-state index contributed by atoms with van der Waals surface area (Å²) >= 11 is 3.02. The Morgan fingerprint density at radius 3 is 2.54 bits per heavy atom. The number of benzene rings is 1. The predicted molar refractivity (Wildman–Crippen MR) is 113 cm³/mol. The van der Waals surface area contributed by atoms with Crippen molar-refractivity contribution in [1.82, 2.24) is 15.2 Å². The van der Waals surface area contributed by atoms with Crippen LogP contribution in [0.1, 0.15) is 10.5 Å². The van der Waals surface area contributed by atoms with Gasteiger partial charge in [0, 0.05) is 48.2 Å². The Morgan fingerprint density at radius 1 is 1.04 bits per heavy atom. The van der Waals surface area contributed by atoms with Gasteiger partial charge in [-0.15, -0.1) is 11.3 Å². The fraction of sp³-hybridized carbons (Fsp3) is 0.250. The monoisotopic (exact) mass is 412 g/mol. The topological polar surface area (TPSA) is 65.5 Å². The van der Waals surface area contributed by atoms with Crippen molar-refractivity contribution in [3.8, 4) is 10.6 Å². The maximum absolute atomic E-state index is 12.4. The molecule has 0 aliphatic carbocycles. The highest BCUT2D eigenvalue weighted by Gasteiger charge is 2.22. The number of nitrogens with zero attached hydrogens (tertiary/aromatic N) is 3. The SMILES string of the molecule is O=C(NCC(=O)N1CCN(c2ccccc2)CC1)c1csc(-c2ccsc2)n1. The molecule has 2 amide bonds. The molecule has 0 atom stereocenters. The van der Waals surface area contributed by atoms with Crippen LogP contribution in [0.25, 0.3) is 10.6 Å². The molecule has 0 bridgehead atoms. The standard InChI is InChI=1S/C20H20N4O2S2/c25-18(24-9-7-23(8-10-24)16-4-2-1-3-5-16)12-21-19(26)17-14-28-20(22-17)15-6-11-27-13-15/h1-6,11,13-14H,7-10,12H2,(H,21,26). The number of hydrogen-bond donors (Lipinski definition) is 1. The summed E-state index contributed by atoms with van der Waals surface area (Å²) in [5.74, 6) is -0.372. The van der Waals surface area contributed by atoms with Crippen LogP contribution in [0.3, 0.4) is 0 Å². The van der Waals surface area contributed by atoms with Crippen molar-refractivity contribution >= 4 is 40.2 Å². The number of carbonyl (C=O) groups excluding carboxylic acids is 2. The van der Waals surface area contributed by atoms with E-state index in [0.717, 1.165) is 23.7 Å². The summed E-state index contributed by atoms with van der Waals surface area (Å²) in [6, 6.07) is 12.2. The lowest BCUT2D eigenvalue weighted by Crippen LogP contribution is -2.51. The van der Waals surface area contributed by atoms with Crippen LogP contribution in [-0.2, 0) is 4.79 Å². The molecule has 4 rings (SSSR count). The number of carbonyl (C=O) groups is 2. The Kier molecular flexibility index (Phi) is 5.68. The van der Waals surface area contributed by atoms with Crippen molar-refractivity contribution in [2.24, 2.45) is 0 Å². The molecule has 0 unspecified atom stereocenters. The molecule has 1 N–H and O–H groups in total. The molecule has 0 saturated carbocycles. The molecule has 1 aromatic carbocycles. The van der Waals surface area contributed by atoms with Crippen molar-refractivity contribution in [1.29, 1.82) is 0 Å². The molecule has 1 fully saturated rings. The van der Waals surface area contributed by atoms with Gasteiger partial charge in [-0.25, -0.2) is 4.98 Å². The quantitative estimate of drug-likeness (QED) is 0.700. The second kappa shape index (κ2) is 8.53. The lowest BCUT2D eigenvalue weighted by atomic mass is 10.2. The molecule has 0 spiro atoms. The van der Waals surface area contributed by atoms with Gasteiger partial charge in [0.25, 0.3) is 5.91 Å². The van der Waals surface area contributed by atoms with Crippen LogP contribution in [0.2, 0.25) is 0 Å². The molecule has 0 radical (unpaired) electrons. The fourth-order valence-electron chi connectivity index (χ4n) is 3.11. The van der Waals surface area contributed by atoms with Crippen molar-refractivity contribution in [3.05, 3.63) is 58.2 Å². The second-order valence-electron chi connectivity index (χ2n) is 6.44. The summed E-state index contributed by atoms with van der Waals surface area (Å²) < 4.78 is 0. The van der Waals surface area contributed by atoms with Gasteiger partial charge < -0.3 is 15.1 Å². The Morgan fingerprint density at radius 2 is 1.82 bits per heavy atom. The van der Waals surface area contributed by atoms with E-state index in [1.54, 1.807) is 21.6 Å². The zero-order chi connectivity index (χ0) is 19.3. The van der Waals surface area contributed by atoms with Gasteiger partial charge in [-0.1, -0.05) is 18.2 Å². The molecule has 3 aromatic rings. The van der Waals surface area contributed by atoms with Gasteiger partial charge in [-0.05, 0) is 23.6 Å². The number of amides is 2. The van der Waals surface area contributed by atoms with Crippen LogP contribution in [0, 0.1) is 0 Å². The number of para-hydroxylation sites is 1. The lowest BCUT2D eigenvalue weighted by molar-refractivity contribution is -0.130. The maximum Gasteiger partial charge on any atom is 0.271 e. The molecule has 6 nitrogen and oxygen atoms in total. The van der Waals surface area contributed by atoms with Gasteiger partial charge in [0.15, 0.2) is 0 Å². The average Bonchev–Trinajstić information content (AvgIpc) is 3.44. The summed E-state index contributed by atoms with van der Waals surface area (Å²) in [6.07, 6.45) is 0. The zero-order valence-electron chi connectivity index (χ0n) is 15.2. The molecule has 1 aliphatic heterocycles. The first-order valence-electron chi connectivity index (χ1n) is 9.05. The number of thiazole rings is 1. The van der Waals surface area contributed by atoms with Gasteiger partial charge in [0.05, 0.1) is 6.54 Å². The Balaban J connectivity index is 1.26. The van der Waals surface area contributed by atoms with Gasteiger partial charge >= 0.3 is 0 Å². The smallest absolute Gasteiger partial charge is 0.271 e. The fourth-order valence-corrected chi connectivity index (χ4v) is 4.62. The summed E-state index contributed by atoms with van der Waals surface area (Å²) in [4.78, 5) is 33.2. The van der Waals surface area contributed by atoms with E-state index in [4.69, 9.17) is 0 Å². The van der Waals surface area contributed by atoms with E-state index in [0.29, 0.717) is 18.8 Å². The van der Waals surface area contributed by atoms with Crippen LogP contribution in [0.4, 0.5) is 5.69 Å². The van der Waals surface area contributed by atoms with Gasteiger partial charge in [0.1, 0.15) is 10.7 Å². The molecular formula is C20H20N4O2S2. The molecule has 144 valence electrons. The van der Waals surface area contributed by atoms with Crippen molar-refractivity contribution < 1.29 is 9.59 Å². The summed E-state index contributed by atoms with van der Waals surface area (Å²) in [5.41, 5.74) is 2.54. The van der Waals surface area contributed by atoms with Crippen LogP contribution in [-0.4, -0.2) is 54.4 Å². The van der Waals surface area contributed by atoms with Crippen LogP contribution in [0.5, 0.6) is 0 Å². The van der Waals surface area contributed by atoms with E-state index in [-0.39, 0.29) is 18.4 Å². The van der Waals surface area contributed by atoms with Crippen LogP contribution in [0.15, 0.2) is 52.5 Å². The largest absolute Gasteiger partial charge is 0.368 e. The Hall–Kier alpha value is -2.71. The van der Waals surface area contributed by atoms with E-state index in [1.807, 2.05) is 35.0 Å². The molecule has 2 aromatic heterocycles. The normalized spacial score (nSPS) is 14.1. The number of nitrogens with one attached hydrogen (secondary N) is 1. The van der Waals surface area contributed by atoms with Crippen LogP contribution < -0.4 is 10.2 Å². The minimum absolute atomic E-state index is 0.00448. The first-order chi connectivity index (χ1) is 13.7. The van der Waals surface area contributed by atoms with E-state index < -0.39 is 0 Å². The predicted octanol–water partition coefficient (Wildman–Crippen LogP) is 2.95. The Bertz CT molecular complexity index is 932. The maximum atomic E-state index is 12.4. The van der Waals surface area contributed by atoms with Gasteiger partial charge in [0.2, 0.25) is 5.91 Å². The summed E-state index contributed by atoms with van der Waals surface area (Å²) in [7, 11) is 0. The van der Waals surface area contributed by atoms with Gasteiger partial charge in [-0.2, -0.15) is 11.3 Å². The number of anilines is 1. The third kappa shape index (κ3) is 4.23. The molecule has 1 aliphatic rings. The molecule has 8 heteroatoms. The highest BCUT2D eigenvalue weighted by atomic mass is 32.1. The van der Waals surface area contributed by atoms with E-state index in [2.05, 4.69) is 27.3 Å². The Labute approximate surface area is 171 Å².